The molecule has 3 rings (SSSR count). The number of nitrogens with zero attached hydrogens (tertiary/aromatic N) is 3. The molecule has 0 amide bonds. The number of hydrogen-bond acceptors (Lipinski definition) is 4. The highest BCUT2D eigenvalue weighted by Gasteiger charge is 2.24. The zero-order chi connectivity index (χ0) is 17.5. The van der Waals surface area contributed by atoms with E-state index in [0.717, 1.165) is 22.8 Å². The van der Waals surface area contributed by atoms with E-state index in [-0.39, 0.29) is 10.7 Å². The molecule has 0 aliphatic carbocycles. The summed E-state index contributed by atoms with van der Waals surface area (Å²) in [6, 6.07) is 5.95. The summed E-state index contributed by atoms with van der Waals surface area (Å²) in [6.45, 7) is 10.1. The summed E-state index contributed by atoms with van der Waals surface area (Å²) < 4.78 is 20.5. The number of oxazole rings is 1. The van der Waals surface area contributed by atoms with Gasteiger partial charge in [-0.05, 0) is 26.0 Å². The van der Waals surface area contributed by atoms with Crippen molar-refractivity contribution in [2.75, 3.05) is 0 Å². The number of fused-ring (bicyclic) bond motifs is 1. The molecule has 0 spiro atoms. The first-order valence-corrected chi connectivity index (χ1v) is 9.41. The molecule has 3 aromatic heterocycles. The Bertz CT molecular complexity index is 889. The van der Waals surface area contributed by atoms with Gasteiger partial charge in [0.05, 0.1) is 17.6 Å². The molecule has 0 N–H and O–H groups in total. The molecule has 0 unspecified atom stereocenters. The maximum Gasteiger partial charge on any atom is 0.209 e. The summed E-state index contributed by atoms with van der Waals surface area (Å²) >= 11 is 0. The van der Waals surface area contributed by atoms with Crippen LogP contribution >= 0.6 is 0 Å². The van der Waals surface area contributed by atoms with Crippen molar-refractivity contribution in [1.82, 2.24) is 14.4 Å². The predicted octanol–water partition coefficient (Wildman–Crippen LogP) is 3.94. The van der Waals surface area contributed by atoms with E-state index in [9.17, 15) is 4.21 Å². The van der Waals surface area contributed by atoms with Crippen LogP contribution in [0.4, 0.5) is 0 Å². The van der Waals surface area contributed by atoms with Crippen molar-refractivity contribution >= 4 is 16.4 Å². The highest BCUT2D eigenvalue weighted by molar-refractivity contribution is 7.84. The van der Waals surface area contributed by atoms with Gasteiger partial charge in [0.1, 0.15) is 16.7 Å². The normalized spacial score (nSPS) is 14.9. The van der Waals surface area contributed by atoms with E-state index in [2.05, 4.69) is 30.7 Å². The van der Waals surface area contributed by atoms with Crippen molar-refractivity contribution in [2.45, 2.75) is 51.0 Å². The Morgan fingerprint density at radius 2 is 2.08 bits per heavy atom. The monoisotopic (exact) mass is 345 g/mol. The molecule has 0 fully saturated rings. The molecule has 0 radical (unpaired) electrons. The Labute approximate surface area is 144 Å². The van der Waals surface area contributed by atoms with Crippen molar-refractivity contribution in [3.63, 3.8) is 0 Å². The number of rotatable bonds is 4. The molecular formula is C18H23N3O2S. The van der Waals surface area contributed by atoms with Crippen LogP contribution in [0.5, 0.6) is 0 Å². The van der Waals surface area contributed by atoms with E-state index in [0.29, 0.717) is 11.6 Å². The Kier molecular flexibility index (Phi) is 4.34. The molecular weight excluding hydrogens is 322 g/mol. The zero-order valence-electron chi connectivity index (χ0n) is 14.7. The average molecular weight is 345 g/mol. The van der Waals surface area contributed by atoms with Gasteiger partial charge in [-0.25, -0.2) is 9.97 Å². The summed E-state index contributed by atoms with van der Waals surface area (Å²) in [5.74, 6) is 1.72. The van der Waals surface area contributed by atoms with Gasteiger partial charge in [0.2, 0.25) is 5.89 Å². The summed E-state index contributed by atoms with van der Waals surface area (Å²) in [5, 5.41) is -0.271. The quantitative estimate of drug-likeness (QED) is 0.718. The SMILES string of the molecule is Cc1cccc2nc(C[S@](=O)[C@H](C)c3ncc(C(C)(C)C)o3)cn12. The number of imidazole rings is 1. The Morgan fingerprint density at radius 1 is 1.33 bits per heavy atom. The number of hydrogen-bond donors (Lipinski definition) is 0. The van der Waals surface area contributed by atoms with Gasteiger partial charge < -0.3 is 8.82 Å². The number of aromatic nitrogens is 3. The molecule has 0 aliphatic rings. The first-order chi connectivity index (χ1) is 11.3. The summed E-state index contributed by atoms with van der Waals surface area (Å²) in [5.41, 5.74) is 2.69. The smallest absolute Gasteiger partial charge is 0.209 e. The van der Waals surface area contributed by atoms with Gasteiger partial charge in [0.15, 0.2) is 0 Å². The molecule has 0 aromatic carbocycles. The second kappa shape index (κ2) is 6.16. The number of aryl methyl sites for hydroxylation is 1. The van der Waals surface area contributed by atoms with E-state index in [1.165, 1.54) is 0 Å². The largest absolute Gasteiger partial charge is 0.444 e. The molecule has 24 heavy (non-hydrogen) atoms. The van der Waals surface area contributed by atoms with Crippen LogP contribution in [-0.2, 0) is 22.0 Å². The topological polar surface area (TPSA) is 60.4 Å². The molecule has 2 atom stereocenters. The van der Waals surface area contributed by atoms with Crippen LogP contribution in [0.3, 0.4) is 0 Å². The molecule has 3 aromatic rings. The van der Waals surface area contributed by atoms with Crippen LogP contribution < -0.4 is 0 Å². The fourth-order valence-electron chi connectivity index (χ4n) is 2.47. The van der Waals surface area contributed by atoms with E-state index in [4.69, 9.17) is 4.42 Å². The zero-order valence-corrected chi connectivity index (χ0v) is 15.6. The second-order valence-electron chi connectivity index (χ2n) is 7.11. The summed E-state index contributed by atoms with van der Waals surface area (Å²) in [7, 11) is -1.15. The molecule has 0 aliphatic heterocycles. The van der Waals surface area contributed by atoms with Gasteiger partial charge in [-0.15, -0.1) is 0 Å². The third-order valence-electron chi connectivity index (χ3n) is 4.04. The minimum atomic E-state index is -1.15. The first-order valence-electron chi connectivity index (χ1n) is 8.02. The van der Waals surface area contributed by atoms with E-state index in [1.807, 2.05) is 42.6 Å². The Hall–Kier alpha value is -1.95. The lowest BCUT2D eigenvalue weighted by Gasteiger charge is -2.13. The van der Waals surface area contributed by atoms with Gasteiger partial charge in [-0.3, -0.25) is 4.21 Å². The van der Waals surface area contributed by atoms with Crippen molar-refractivity contribution in [3.8, 4) is 0 Å². The summed E-state index contributed by atoms with van der Waals surface area (Å²) in [4.78, 5) is 8.87. The first kappa shape index (κ1) is 16.9. The fraction of sp³-hybridized carbons (Fsp3) is 0.444. The van der Waals surface area contributed by atoms with E-state index in [1.54, 1.807) is 6.20 Å². The molecule has 0 saturated heterocycles. The third-order valence-corrected chi connectivity index (χ3v) is 5.61. The molecule has 0 bridgehead atoms. The van der Waals surface area contributed by atoms with Crippen molar-refractivity contribution in [3.05, 3.63) is 53.6 Å². The van der Waals surface area contributed by atoms with Crippen LogP contribution in [0.15, 0.2) is 35.0 Å². The molecule has 128 valence electrons. The van der Waals surface area contributed by atoms with Crippen molar-refractivity contribution in [2.24, 2.45) is 0 Å². The molecule has 3 heterocycles. The lowest BCUT2D eigenvalue weighted by atomic mass is 9.94. The fourth-order valence-corrected chi connectivity index (χ4v) is 3.49. The molecule has 5 nitrogen and oxygen atoms in total. The lowest BCUT2D eigenvalue weighted by Crippen LogP contribution is -2.09. The maximum absolute atomic E-state index is 12.7. The average Bonchev–Trinajstić information content (AvgIpc) is 3.13. The second-order valence-corrected chi connectivity index (χ2v) is 8.86. The minimum Gasteiger partial charge on any atom is -0.444 e. The van der Waals surface area contributed by atoms with Crippen molar-refractivity contribution in [1.29, 1.82) is 0 Å². The molecule has 6 heteroatoms. The third kappa shape index (κ3) is 3.29. The Balaban J connectivity index is 1.78. The maximum atomic E-state index is 12.7. The molecule has 0 saturated carbocycles. The van der Waals surface area contributed by atoms with Gasteiger partial charge in [-0.1, -0.05) is 26.8 Å². The highest BCUT2D eigenvalue weighted by Crippen LogP contribution is 2.27. The van der Waals surface area contributed by atoms with E-state index >= 15 is 0 Å². The standard InChI is InChI=1S/C18H23N3O2S/c1-12-7-6-8-16-20-14(10-21(12)16)11-24(22)13(2)17-19-9-15(23-17)18(3,4)5/h6-10,13H,11H2,1-5H3/t13-,24+/m1/s1. The van der Waals surface area contributed by atoms with Crippen LogP contribution in [0.25, 0.3) is 5.65 Å². The van der Waals surface area contributed by atoms with Crippen molar-refractivity contribution < 1.29 is 8.63 Å². The van der Waals surface area contributed by atoms with Crippen LogP contribution in [-0.4, -0.2) is 18.6 Å². The highest BCUT2D eigenvalue weighted by atomic mass is 32.2. The predicted molar refractivity (Wildman–Crippen MR) is 95.4 cm³/mol. The lowest BCUT2D eigenvalue weighted by molar-refractivity contribution is 0.382. The van der Waals surface area contributed by atoms with E-state index < -0.39 is 10.8 Å². The van der Waals surface area contributed by atoms with Crippen LogP contribution in [0.1, 0.15) is 56.0 Å². The van der Waals surface area contributed by atoms with Gasteiger partial charge >= 0.3 is 0 Å². The van der Waals surface area contributed by atoms with Gasteiger partial charge in [-0.2, -0.15) is 0 Å². The summed E-state index contributed by atoms with van der Waals surface area (Å²) in [6.07, 6.45) is 3.68. The Morgan fingerprint density at radius 3 is 2.71 bits per heavy atom. The van der Waals surface area contributed by atoms with Gasteiger partial charge in [0, 0.05) is 28.1 Å². The van der Waals surface area contributed by atoms with Gasteiger partial charge in [0.25, 0.3) is 0 Å². The van der Waals surface area contributed by atoms with Crippen LogP contribution in [0.2, 0.25) is 0 Å². The minimum absolute atomic E-state index is 0.106. The van der Waals surface area contributed by atoms with Crippen LogP contribution in [0, 0.1) is 6.92 Å². The number of pyridine rings is 1.